The summed E-state index contributed by atoms with van der Waals surface area (Å²) < 4.78 is 16.7. The van der Waals surface area contributed by atoms with E-state index in [4.69, 9.17) is 30.8 Å². The number of aromatic nitrogens is 2. The highest BCUT2D eigenvalue weighted by molar-refractivity contribution is 6.35. The van der Waals surface area contributed by atoms with E-state index in [0.717, 1.165) is 21.9 Å². The maximum Gasteiger partial charge on any atom is 0.250 e. The number of halogens is 1. The summed E-state index contributed by atoms with van der Waals surface area (Å²) in [6.07, 6.45) is 6.99. The maximum atomic E-state index is 11.6. The molecule has 9 nitrogen and oxygen atoms in total. The van der Waals surface area contributed by atoms with E-state index >= 15 is 0 Å². The second kappa shape index (κ2) is 11.6. The van der Waals surface area contributed by atoms with Gasteiger partial charge < -0.3 is 19.5 Å². The lowest BCUT2D eigenvalue weighted by Gasteiger charge is -2.20. The van der Waals surface area contributed by atoms with E-state index < -0.39 is 5.91 Å². The van der Waals surface area contributed by atoms with Gasteiger partial charge >= 0.3 is 0 Å². The van der Waals surface area contributed by atoms with Gasteiger partial charge in [-0.25, -0.2) is 4.98 Å². The molecule has 37 heavy (non-hydrogen) atoms. The number of nitrogens with one attached hydrogen (secondary N) is 2. The highest BCUT2D eigenvalue weighted by atomic mass is 35.5. The molecule has 0 saturated carbocycles. The average Bonchev–Trinajstić information content (AvgIpc) is 3.33. The van der Waals surface area contributed by atoms with E-state index in [-0.39, 0.29) is 17.9 Å². The van der Waals surface area contributed by atoms with E-state index in [1.807, 2.05) is 12.1 Å². The van der Waals surface area contributed by atoms with Crippen LogP contribution in [-0.4, -0.2) is 55.8 Å². The highest BCUT2D eigenvalue weighted by Crippen LogP contribution is 2.46. The van der Waals surface area contributed by atoms with Crippen LogP contribution in [-0.2, 0) is 14.3 Å². The quantitative estimate of drug-likeness (QED) is 0.314. The average molecular weight is 525 g/mol. The van der Waals surface area contributed by atoms with Gasteiger partial charge in [-0.05, 0) is 24.1 Å². The SMILES string of the molecule is COc1cc(OC)c(C(C)C)c(-c2cc3cnc(N[C@@H]4COC[C@@H]4C=CC(=O)NC=O)cc3cn2)c1Cl. The fourth-order valence-electron chi connectivity index (χ4n) is 4.44. The fourth-order valence-corrected chi connectivity index (χ4v) is 4.77. The van der Waals surface area contributed by atoms with Crippen LogP contribution >= 0.6 is 11.6 Å². The lowest BCUT2D eigenvalue weighted by molar-refractivity contribution is -0.121. The monoisotopic (exact) mass is 524 g/mol. The Kier molecular flexibility index (Phi) is 8.25. The number of imide groups is 1. The largest absolute Gasteiger partial charge is 0.496 e. The molecule has 4 rings (SSSR count). The molecule has 1 aliphatic heterocycles. The molecule has 2 N–H and O–H groups in total. The van der Waals surface area contributed by atoms with Crippen LogP contribution in [0.15, 0.2) is 42.7 Å². The molecule has 2 amide bonds. The number of hydrogen-bond donors (Lipinski definition) is 2. The third-order valence-electron chi connectivity index (χ3n) is 6.26. The van der Waals surface area contributed by atoms with Crippen LogP contribution in [0, 0.1) is 5.92 Å². The number of amides is 2. The van der Waals surface area contributed by atoms with E-state index in [9.17, 15) is 9.59 Å². The molecule has 1 saturated heterocycles. The van der Waals surface area contributed by atoms with Crippen LogP contribution < -0.4 is 20.1 Å². The van der Waals surface area contributed by atoms with Gasteiger partial charge in [0, 0.05) is 46.3 Å². The zero-order valence-corrected chi connectivity index (χ0v) is 21.8. The van der Waals surface area contributed by atoms with Crippen LogP contribution in [0.4, 0.5) is 5.82 Å². The second-order valence-electron chi connectivity index (χ2n) is 8.96. The number of anilines is 1. The van der Waals surface area contributed by atoms with Gasteiger partial charge in [-0.1, -0.05) is 31.5 Å². The molecule has 0 aliphatic carbocycles. The number of benzene rings is 1. The van der Waals surface area contributed by atoms with Crippen molar-refractivity contribution >= 4 is 40.5 Å². The van der Waals surface area contributed by atoms with Gasteiger partial charge in [0.05, 0.1) is 44.2 Å². The van der Waals surface area contributed by atoms with Gasteiger partial charge in [0.1, 0.15) is 17.3 Å². The fraction of sp³-hybridized carbons (Fsp3) is 0.333. The Morgan fingerprint density at radius 3 is 2.54 bits per heavy atom. The number of pyridine rings is 2. The molecule has 0 radical (unpaired) electrons. The van der Waals surface area contributed by atoms with Crippen molar-refractivity contribution in [3.8, 4) is 22.8 Å². The van der Waals surface area contributed by atoms with Crippen molar-refractivity contribution in [1.29, 1.82) is 0 Å². The van der Waals surface area contributed by atoms with E-state index in [2.05, 4.69) is 29.5 Å². The maximum absolute atomic E-state index is 11.6. The summed E-state index contributed by atoms with van der Waals surface area (Å²) in [6.45, 7) is 5.09. The van der Waals surface area contributed by atoms with Gasteiger partial charge in [-0.15, -0.1) is 0 Å². The standard InChI is InChI=1S/C27H29ClN4O5/c1-15(2)25-21(35-3)9-22(36-4)27(28)26(25)19-7-17-11-30-23(8-18(17)10-29-19)32-20-13-37-12-16(20)5-6-24(34)31-14-33/h5-11,14-16,20H,12-13H2,1-4H3,(H,30,32)(H,31,33,34)/t16-,20+/m0/s1. The highest BCUT2D eigenvalue weighted by Gasteiger charge is 2.27. The number of rotatable bonds is 9. The number of ether oxygens (including phenoxy) is 3. The first-order chi connectivity index (χ1) is 17.9. The molecule has 3 heterocycles. The number of hydrogen-bond acceptors (Lipinski definition) is 8. The number of methoxy groups -OCH3 is 2. The third-order valence-corrected chi connectivity index (χ3v) is 6.64. The lowest BCUT2D eigenvalue weighted by atomic mass is 9.93. The van der Waals surface area contributed by atoms with E-state index in [1.165, 1.54) is 6.08 Å². The molecule has 2 atom stereocenters. The smallest absolute Gasteiger partial charge is 0.250 e. The Morgan fingerprint density at radius 1 is 1.11 bits per heavy atom. The second-order valence-corrected chi connectivity index (χ2v) is 9.34. The molecule has 1 aromatic carbocycles. The lowest BCUT2D eigenvalue weighted by Crippen LogP contribution is -2.27. The van der Waals surface area contributed by atoms with Crippen LogP contribution in [0.3, 0.4) is 0 Å². The Bertz CT molecular complexity index is 1340. The van der Waals surface area contributed by atoms with Crippen LogP contribution in [0.2, 0.25) is 5.02 Å². The van der Waals surface area contributed by atoms with Crippen molar-refractivity contribution in [3.05, 3.63) is 53.3 Å². The number of fused-ring (bicyclic) bond motifs is 1. The minimum atomic E-state index is -0.472. The van der Waals surface area contributed by atoms with Crippen molar-refractivity contribution in [2.45, 2.75) is 25.8 Å². The molecular formula is C27H29ClN4O5. The zero-order chi connectivity index (χ0) is 26.5. The summed E-state index contributed by atoms with van der Waals surface area (Å²) in [4.78, 5) is 31.3. The molecule has 0 bridgehead atoms. The van der Waals surface area contributed by atoms with Crippen molar-refractivity contribution in [2.24, 2.45) is 5.92 Å². The normalized spacial score (nSPS) is 17.4. The predicted octanol–water partition coefficient (Wildman–Crippen LogP) is 4.35. The molecule has 1 fully saturated rings. The van der Waals surface area contributed by atoms with E-state index in [0.29, 0.717) is 47.7 Å². The van der Waals surface area contributed by atoms with Gasteiger partial charge in [-0.2, -0.15) is 0 Å². The zero-order valence-electron chi connectivity index (χ0n) is 21.1. The Balaban J connectivity index is 1.63. The van der Waals surface area contributed by atoms with Crippen LogP contribution in [0.1, 0.15) is 25.3 Å². The minimum Gasteiger partial charge on any atom is -0.496 e. The Morgan fingerprint density at radius 2 is 1.84 bits per heavy atom. The van der Waals surface area contributed by atoms with Crippen LogP contribution in [0.25, 0.3) is 22.0 Å². The Hall–Kier alpha value is -3.69. The molecule has 1 aliphatic rings. The summed E-state index contributed by atoms with van der Waals surface area (Å²) in [7, 11) is 3.20. The van der Waals surface area contributed by atoms with E-state index in [1.54, 1.807) is 38.8 Å². The molecule has 0 unspecified atom stereocenters. The number of nitrogens with zero attached hydrogens (tertiary/aromatic N) is 2. The van der Waals surface area contributed by atoms with Crippen LogP contribution in [0.5, 0.6) is 11.5 Å². The minimum absolute atomic E-state index is 0.0463. The van der Waals surface area contributed by atoms with Crippen molar-refractivity contribution in [1.82, 2.24) is 15.3 Å². The molecule has 10 heteroatoms. The van der Waals surface area contributed by atoms with Crippen molar-refractivity contribution in [3.63, 3.8) is 0 Å². The topological polar surface area (TPSA) is 112 Å². The molecule has 3 aromatic rings. The first-order valence-corrected chi connectivity index (χ1v) is 12.2. The summed E-state index contributed by atoms with van der Waals surface area (Å²) in [5, 5.41) is 7.74. The number of carbonyl (C=O) groups excluding carboxylic acids is 2. The molecule has 2 aromatic heterocycles. The van der Waals surface area contributed by atoms with Crippen molar-refractivity contribution < 1.29 is 23.8 Å². The summed E-state index contributed by atoms with van der Waals surface area (Å²) in [6, 6.07) is 5.59. The molecular weight excluding hydrogens is 496 g/mol. The van der Waals surface area contributed by atoms with Gasteiger partial charge in [0.15, 0.2) is 0 Å². The Labute approximate surface area is 220 Å². The first-order valence-electron chi connectivity index (χ1n) is 11.8. The third kappa shape index (κ3) is 5.68. The van der Waals surface area contributed by atoms with Gasteiger partial charge in [0.2, 0.25) is 12.3 Å². The number of carbonyl (C=O) groups is 2. The summed E-state index contributed by atoms with van der Waals surface area (Å²) in [5.41, 5.74) is 2.42. The molecule has 194 valence electrons. The summed E-state index contributed by atoms with van der Waals surface area (Å²) >= 11 is 6.76. The van der Waals surface area contributed by atoms with Crippen molar-refractivity contribution in [2.75, 3.05) is 32.8 Å². The van der Waals surface area contributed by atoms with Gasteiger partial charge in [-0.3, -0.25) is 19.9 Å². The molecule has 0 spiro atoms. The van der Waals surface area contributed by atoms with Gasteiger partial charge in [0.25, 0.3) is 0 Å². The summed E-state index contributed by atoms with van der Waals surface area (Å²) in [5.74, 6) is 1.49. The first kappa shape index (κ1) is 26.4. The predicted molar refractivity (Wildman–Crippen MR) is 142 cm³/mol.